The summed E-state index contributed by atoms with van der Waals surface area (Å²) in [5.74, 6) is 0. The Morgan fingerprint density at radius 2 is 2.12 bits per heavy atom. The van der Waals surface area contributed by atoms with E-state index in [1.54, 1.807) is 7.11 Å². The van der Waals surface area contributed by atoms with Crippen LogP contribution in [0.3, 0.4) is 0 Å². The normalized spacial score (nSPS) is 22.2. The summed E-state index contributed by atoms with van der Waals surface area (Å²) in [5, 5.41) is 0. The highest BCUT2D eigenvalue weighted by Crippen LogP contribution is 2.47. The van der Waals surface area contributed by atoms with Gasteiger partial charge in [-0.25, -0.2) is 0 Å². The maximum Gasteiger partial charge on any atom is 0.0615 e. The van der Waals surface area contributed by atoms with Crippen LogP contribution in [0.25, 0.3) is 0 Å². The maximum atomic E-state index is 6.06. The number of nitrogens with zero attached hydrogens (tertiary/aromatic N) is 1. The molecular weight excluding hydrogens is 232 g/mol. The van der Waals surface area contributed by atoms with Gasteiger partial charge in [-0.2, -0.15) is 11.8 Å². The third-order valence-corrected chi connectivity index (χ3v) is 5.67. The second-order valence-corrected chi connectivity index (χ2v) is 6.23. The molecule has 0 amide bonds. The molecule has 0 radical (unpaired) electrons. The Morgan fingerprint density at radius 1 is 1.47 bits per heavy atom. The van der Waals surface area contributed by atoms with Gasteiger partial charge in [0.05, 0.1) is 6.61 Å². The fourth-order valence-corrected chi connectivity index (χ4v) is 4.23. The molecular formula is C13H28N2OS. The number of rotatable bonds is 8. The molecule has 0 heterocycles. The lowest BCUT2D eigenvalue weighted by Gasteiger charge is -2.51. The highest BCUT2D eigenvalue weighted by Gasteiger charge is 2.45. The molecule has 0 aromatic carbocycles. The van der Waals surface area contributed by atoms with Gasteiger partial charge in [0.1, 0.15) is 0 Å². The van der Waals surface area contributed by atoms with Gasteiger partial charge in [0, 0.05) is 30.5 Å². The van der Waals surface area contributed by atoms with Gasteiger partial charge < -0.3 is 10.5 Å². The summed E-state index contributed by atoms with van der Waals surface area (Å²) in [5.41, 5.74) is 6.06. The van der Waals surface area contributed by atoms with E-state index in [4.69, 9.17) is 10.5 Å². The van der Waals surface area contributed by atoms with Crippen LogP contribution in [0.5, 0.6) is 0 Å². The molecule has 0 aliphatic heterocycles. The minimum atomic E-state index is 0.396. The van der Waals surface area contributed by atoms with E-state index in [1.807, 2.05) is 11.8 Å². The molecule has 17 heavy (non-hydrogen) atoms. The number of thioether (sulfide) groups is 1. The number of nitrogens with two attached hydrogens (primary N) is 1. The summed E-state index contributed by atoms with van der Waals surface area (Å²) in [6, 6.07) is 0.935. The van der Waals surface area contributed by atoms with Crippen molar-refractivity contribution in [2.24, 2.45) is 5.73 Å². The zero-order valence-electron chi connectivity index (χ0n) is 11.7. The van der Waals surface area contributed by atoms with Crippen LogP contribution in [0.1, 0.15) is 33.1 Å². The van der Waals surface area contributed by atoms with Crippen molar-refractivity contribution in [3.63, 3.8) is 0 Å². The van der Waals surface area contributed by atoms with Crippen molar-refractivity contribution in [3.8, 4) is 0 Å². The maximum absolute atomic E-state index is 6.06. The first-order valence-electron chi connectivity index (χ1n) is 6.65. The number of likely N-dealkylation sites (N-methyl/N-ethyl adjacent to an activating group) is 1. The average Bonchev–Trinajstić information content (AvgIpc) is 2.27. The van der Waals surface area contributed by atoms with Crippen molar-refractivity contribution in [1.29, 1.82) is 0 Å². The van der Waals surface area contributed by atoms with E-state index in [0.717, 1.165) is 19.7 Å². The summed E-state index contributed by atoms with van der Waals surface area (Å²) in [6.07, 6.45) is 6.21. The lowest BCUT2D eigenvalue weighted by atomic mass is 9.77. The molecule has 2 atom stereocenters. The zero-order valence-corrected chi connectivity index (χ0v) is 12.6. The first-order valence-corrected chi connectivity index (χ1v) is 7.87. The van der Waals surface area contributed by atoms with E-state index in [2.05, 4.69) is 25.0 Å². The van der Waals surface area contributed by atoms with Gasteiger partial charge in [0.15, 0.2) is 0 Å². The van der Waals surface area contributed by atoms with E-state index in [0.29, 0.717) is 16.8 Å². The summed E-state index contributed by atoms with van der Waals surface area (Å²) < 4.78 is 5.69. The molecule has 0 aromatic rings. The zero-order chi connectivity index (χ0) is 12.9. The van der Waals surface area contributed by atoms with Crippen LogP contribution in [0.2, 0.25) is 0 Å². The number of hydrogen-bond acceptors (Lipinski definition) is 4. The molecule has 2 N–H and O–H groups in total. The van der Waals surface area contributed by atoms with Crippen LogP contribution in [-0.4, -0.2) is 54.8 Å². The van der Waals surface area contributed by atoms with Crippen LogP contribution in [-0.2, 0) is 4.74 Å². The van der Waals surface area contributed by atoms with Crippen molar-refractivity contribution < 1.29 is 4.74 Å². The van der Waals surface area contributed by atoms with Crippen LogP contribution in [0, 0.1) is 0 Å². The molecule has 0 aromatic heterocycles. The van der Waals surface area contributed by atoms with Crippen LogP contribution >= 0.6 is 11.8 Å². The topological polar surface area (TPSA) is 38.5 Å². The predicted molar refractivity (Wildman–Crippen MR) is 76.7 cm³/mol. The molecule has 1 rings (SSSR count). The predicted octanol–water partition coefficient (Wildman–Crippen LogP) is 1.96. The fourth-order valence-electron chi connectivity index (χ4n) is 3.03. The first-order chi connectivity index (χ1) is 8.15. The minimum absolute atomic E-state index is 0.396. The van der Waals surface area contributed by atoms with Gasteiger partial charge >= 0.3 is 0 Å². The van der Waals surface area contributed by atoms with E-state index in [1.165, 1.54) is 19.3 Å². The summed E-state index contributed by atoms with van der Waals surface area (Å²) in [4.78, 5) is 2.53. The summed E-state index contributed by atoms with van der Waals surface area (Å²) in [7, 11) is 1.77. The second kappa shape index (κ2) is 6.98. The largest absolute Gasteiger partial charge is 0.383 e. The highest BCUT2D eigenvalue weighted by molar-refractivity contribution is 8.00. The number of ether oxygens (including phenoxy) is 1. The molecule has 0 spiro atoms. The molecule has 1 fully saturated rings. The van der Waals surface area contributed by atoms with Crippen LogP contribution < -0.4 is 5.73 Å². The molecule has 3 nitrogen and oxygen atoms in total. The van der Waals surface area contributed by atoms with Crippen LogP contribution in [0.4, 0.5) is 0 Å². The molecule has 1 saturated carbocycles. The lowest BCUT2D eigenvalue weighted by Crippen LogP contribution is -2.60. The number of hydrogen-bond donors (Lipinski definition) is 1. The summed E-state index contributed by atoms with van der Waals surface area (Å²) in [6.45, 7) is 7.05. The Balaban J connectivity index is 2.75. The van der Waals surface area contributed by atoms with E-state index in [9.17, 15) is 0 Å². The summed E-state index contributed by atoms with van der Waals surface area (Å²) >= 11 is 2.01. The van der Waals surface area contributed by atoms with Gasteiger partial charge in [0.25, 0.3) is 0 Å². The van der Waals surface area contributed by atoms with Gasteiger partial charge in [0.2, 0.25) is 0 Å². The lowest BCUT2D eigenvalue weighted by molar-refractivity contribution is 0.0468. The van der Waals surface area contributed by atoms with Crippen molar-refractivity contribution in [2.45, 2.75) is 49.9 Å². The third kappa shape index (κ3) is 3.16. The van der Waals surface area contributed by atoms with Crippen molar-refractivity contribution >= 4 is 11.8 Å². The molecule has 1 aliphatic carbocycles. The van der Waals surface area contributed by atoms with E-state index in [-0.39, 0.29) is 0 Å². The molecule has 102 valence electrons. The van der Waals surface area contributed by atoms with E-state index < -0.39 is 0 Å². The third-order valence-electron chi connectivity index (χ3n) is 4.18. The minimum Gasteiger partial charge on any atom is -0.383 e. The quantitative estimate of drug-likeness (QED) is 0.724. The number of methoxy groups -OCH3 is 1. The van der Waals surface area contributed by atoms with Crippen molar-refractivity contribution in [1.82, 2.24) is 4.90 Å². The van der Waals surface area contributed by atoms with Gasteiger partial charge in [-0.05, 0) is 32.6 Å². The molecule has 0 saturated heterocycles. The smallest absolute Gasteiger partial charge is 0.0615 e. The second-order valence-electron chi connectivity index (χ2n) is 5.01. The standard InChI is InChI=1S/C13H28N2OS/c1-5-15(11(2)10-16-3)12(9-14)13(17-4)7-6-8-13/h11-12H,5-10,14H2,1-4H3. The van der Waals surface area contributed by atoms with Crippen molar-refractivity contribution in [2.75, 3.05) is 33.1 Å². The Hall–Kier alpha value is 0.230. The first kappa shape index (κ1) is 15.3. The molecule has 1 aliphatic rings. The molecule has 4 heteroatoms. The highest BCUT2D eigenvalue weighted by atomic mass is 32.2. The Labute approximate surface area is 110 Å². The van der Waals surface area contributed by atoms with Gasteiger partial charge in [-0.15, -0.1) is 0 Å². The molecule has 2 unspecified atom stereocenters. The van der Waals surface area contributed by atoms with Gasteiger partial charge in [-0.1, -0.05) is 13.3 Å². The average molecular weight is 260 g/mol. The Kier molecular flexibility index (Phi) is 6.27. The SMILES string of the molecule is CCN(C(C)COC)C(CN)C1(SC)CCC1. The van der Waals surface area contributed by atoms with Crippen LogP contribution in [0.15, 0.2) is 0 Å². The Morgan fingerprint density at radius 3 is 2.41 bits per heavy atom. The van der Waals surface area contributed by atoms with E-state index >= 15 is 0 Å². The van der Waals surface area contributed by atoms with Gasteiger partial charge in [-0.3, -0.25) is 4.90 Å². The fraction of sp³-hybridized carbons (Fsp3) is 1.00. The Bertz CT molecular complexity index is 216. The van der Waals surface area contributed by atoms with Crippen molar-refractivity contribution in [3.05, 3.63) is 0 Å². The monoisotopic (exact) mass is 260 g/mol. The molecule has 0 bridgehead atoms.